The Balaban J connectivity index is 1.54. The molecular weight excluding hydrogens is 354 g/mol. The highest BCUT2D eigenvalue weighted by Crippen LogP contribution is 2.20. The lowest BCUT2D eigenvalue weighted by Gasteiger charge is -2.36. The third-order valence-corrected chi connectivity index (χ3v) is 4.79. The summed E-state index contributed by atoms with van der Waals surface area (Å²) in [5, 5.41) is 2.90. The largest absolute Gasteiger partial charge is 0.462 e. The molecule has 3 rings (SSSR count). The molecule has 0 radical (unpaired) electrons. The van der Waals surface area contributed by atoms with E-state index in [1.165, 1.54) is 16.8 Å². The fourth-order valence-corrected chi connectivity index (χ4v) is 3.41. The van der Waals surface area contributed by atoms with Crippen LogP contribution in [0, 0.1) is 13.8 Å². The van der Waals surface area contributed by atoms with Crippen LogP contribution in [0.1, 0.15) is 28.4 Å². The minimum absolute atomic E-state index is 0.121. The molecule has 0 saturated carbocycles. The van der Waals surface area contributed by atoms with Crippen molar-refractivity contribution in [1.82, 2.24) is 4.90 Å². The quantitative estimate of drug-likeness (QED) is 0.818. The van der Waals surface area contributed by atoms with E-state index in [4.69, 9.17) is 4.74 Å². The first-order valence-electron chi connectivity index (χ1n) is 9.62. The molecule has 148 valence electrons. The van der Waals surface area contributed by atoms with Gasteiger partial charge in [0.25, 0.3) is 0 Å². The number of nitrogens with zero attached hydrogens (tertiary/aromatic N) is 2. The van der Waals surface area contributed by atoms with Gasteiger partial charge in [-0.3, -0.25) is 0 Å². The summed E-state index contributed by atoms with van der Waals surface area (Å²) in [4.78, 5) is 28.4. The number of piperazine rings is 1. The molecule has 0 aliphatic carbocycles. The van der Waals surface area contributed by atoms with Gasteiger partial charge in [-0.1, -0.05) is 6.07 Å². The van der Waals surface area contributed by atoms with Crippen molar-refractivity contribution in [3.63, 3.8) is 0 Å². The van der Waals surface area contributed by atoms with Gasteiger partial charge in [0.2, 0.25) is 0 Å². The third kappa shape index (κ3) is 4.82. The van der Waals surface area contributed by atoms with Gasteiger partial charge in [-0.2, -0.15) is 0 Å². The van der Waals surface area contributed by atoms with E-state index >= 15 is 0 Å². The van der Waals surface area contributed by atoms with Crippen LogP contribution < -0.4 is 10.2 Å². The van der Waals surface area contributed by atoms with Crippen LogP contribution in [0.3, 0.4) is 0 Å². The van der Waals surface area contributed by atoms with Crippen LogP contribution in [0.2, 0.25) is 0 Å². The summed E-state index contributed by atoms with van der Waals surface area (Å²) in [6.07, 6.45) is 0. The number of hydrogen-bond acceptors (Lipinski definition) is 4. The van der Waals surface area contributed by atoms with Crippen molar-refractivity contribution in [3.8, 4) is 0 Å². The Labute approximate surface area is 166 Å². The molecule has 1 N–H and O–H groups in total. The van der Waals surface area contributed by atoms with Crippen LogP contribution in [0.25, 0.3) is 0 Å². The molecule has 0 bridgehead atoms. The van der Waals surface area contributed by atoms with Gasteiger partial charge in [0.15, 0.2) is 0 Å². The number of anilines is 2. The summed E-state index contributed by atoms with van der Waals surface area (Å²) in [7, 11) is 0. The fourth-order valence-electron chi connectivity index (χ4n) is 3.41. The lowest BCUT2D eigenvalue weighted by atomic mass is 10.1. The van der Waals surface area contributed by atoms with Gasteiger partial charge in [0.05, 0.1) is 12.2 Å². The number of benzene rings is 2. The summed E-state index contributed by atoms with van der Waals surface area (Å²) in [6, 6.07) is 13.2. The van der Waals surface area contributed by atoms with Gasteiger partial charge in [-0.25, -0.2) is 9.59 Å². The second-order valence-electron chi connectivity index (χ2n) is 7.05. The Bertz CT molecular complexity index is 820. The van der Waals surface area contributed by atoms with E-state index in [0.717, 1.165) is 13.1 Å². The van der Waals surface area contributed by atoms with Crippen molar-refractivity contribution in [2.24, 2.45) is 0 Å². The van der Waals surface area contributed by atoms with E-state index in [1.54, 1.807) is 31.2 Å². The molecule has 0 spiro atoms. The number of hydrogen-bond donors (Lipinski definition) is 1. The minimum Gasteiger partial charge on any atom is -0.462 e. The molecule has 6 heteroatoms. The van der Waals surface area contributed by atoms with E-state index in [-0.39, 0.29) is 12.0 Å². The first-order valence-corrected chi connectivity index (χ1v) is 9.62. The highest BCUT2D eigenvalue weighted by atomic mass is 16.5. The molecule has 0 aromatic heterocycles. The van der Waals surface area contributed by atoms with Crippen molar-refractivity contribution in [3.05, 3.63) is 59.2 Å². The van der Waals surface area contributed by atoms with Crippen LogP contribution in [0.5, 0.6) is 0 Å². The maximum atomic E-state index is 12.5. The van der Waals surface area contributed by atoms with Gasteiger partial charge in [0.1, 0.15) is 0 Å². The SMILES string of the molecule is CCOC(=O)c1ccc(NC(=O)N2CCN(c3cc(C)cc(C)c3)CC2)cc1. The zero-order chi connectivity index (χ0) is 20.1. The molecule has 28 heavy (non-hydrogen) atoms. The predicted octanol–water partition coefficient (Wildman–Crippen LogP) is 3.83. The average molecular weight is 381 g/mol. The molecule has 0 unspecified atom stereocenters. The maximum Gasteiger partial charge on any atom is 0.338 e. The topological polar surface area (TPSA) is 61.9 Å². The van der Waals surface area contributed by atoms with Crippen molar-refractivity contribution < 1.29 is 14.3 Å². The number of esters is 1. The second kappa shape index (κ2) is 8.78. The lowest BCUT2D eigenvalue weighted by molar-refractivity contribution is 0.0526. The lowest BCUT2D eigenvalue weighted by Crippen LogP contribution is -2.50. The summed E-state index contributed by atoms with van der Waals surface area (Å²) in [5.41, 5.74) is 4.85. The van der Waals surface area contributed by atoms with E-state index in [2.05, 4.69) is 42.3 Å². The molecule has 1 saturated heterocycles. The van der Waals surface area contributed by atoms with Crippen molar-refractivity contribution in [1.29, 1.82) is 0 Å². The van der Waals surface area contributed by atoms with E-state index in [0.29, 0.717) is 30.9 Å². The van der Waals surface area contributed by atoms with Crippen LogP contribution in [0.15, 0.2) is 42.5 Å². The minimum atomic E-state index is -0.358. The Hall–Kier alpha value is -3.02. The normalized spacial score (nSPS) is 14.0. The Morgan fingerprint density at radius 1 is 0.964 bits per heavy atom. The van der Waals surface area contributed by atoms with Gasteiger partial charge in [0, 0.05) is 37.6 Å². The third-order valence-electron chi connectivity index (χ3n) is 4.79. The average Bonchev–Trinajstić information content (AvgIpc) is 2.68. The molecule has 1 aliphatic heterocycles. The standard InChI is InChI=1S/C22H27N3O3/c1-4-28-21(26)18-5-7-19(8-6-18)23-22(27)25-11-9-24(10-12-25)20-14-16(2)13-17(3)15-20/h5-8,13-15H,4,9-12H2,1-3H3,(H,23,27). The summed E-state index contributed by atoms with van der Waals surface area (Å²) in [5.74, 6) is -0.358. The molecular formula is C22H27N3O3. The number of rotatable bonds is 4. The molecule has 0 atom stereocenters. The summed E-state index contributed by atoms with van der Waals surface area (Å²) in [6.45, 7) is 9.26. The van der Waals surface area contributed by atoms with Gasteiger partial charge < -0.3 is 19.9 Å². The van der Waals surface area contributed by atoms with Crippen molar-refractivity contribution >= 4 is 23.4 Å². The Morgan fingerprint density at radius 3 is 2.14 bits per heavy atom. The second-order valence-corrected chi connectivity index (χ2v) is 7.05. The van der Waals surface area contributed by atoms with Crippen LogP contribution in [0.4, 0.5) is 16.2 Å². The zero-order valence-electron chi connectivity index (χ0n) is 16.7. The molecule has 6 nitrogen and oxygen atoms in total. The number of urea groups is 1. The summed E-state index contributed by atoms with van der Waals surface area (Å²) >= 11 is 0. The number of amides is 2. The predicted molar refractivity (Wildman–Crippen MR) is 111 cm³/mol. The molecule has 1 fully saturated rings. The number of carbonyl (C=O) groups is 2. The van der Waals surface area contributed by atoms with Crippen LogP contribution >= 0.6 is 0 Å². The van der Waals surface area contributed by atoms with Gasteiger partial charge in [-0.15, -0.1) is 0 Å². The van der Waals surface area contributed by atoms with E-state index < -0.39 is 0 Å². The highest BCUT2D eigenvalue weighted by Gasteiger charge is 2.21. The molecule has 2 aromatic rings. The maximum absolute atomic E-state index is 12.5. The number of aryl methyl sites for hydroxylation is 2. The van der Waals surface area contributed by atoms with Crippen molar-refractivity contribution in [2.75, 3.05) is 43.0 Å². The first-order chi connectivity index (χ1) is 13.5. The van der Waals surface area contributed by atoms with E-state index in [1.807, 2.05) is 4.90 Å². The van der Waals surface area contributed by atoms with E-state index in [9.17, 15) is 9.59 Å². The Morgan fingerprint density at radius 2 is 1.57 bits per heavy atom. The zero-order valence-corrected chi connectivity index (χ0v) is 16.7. The monoisotopic (exact) mass is 381 g/mol. The van der Waals surface area contributed by atoms with Gasteiger partial charge >= 0.3 is 12.0 Å². The molecule has 1 aliphatic rings. The Kier molecular flexibility index (Phi) is 6.19. The first kappa shape index (κ1) is 19.7. The molecule has 2 aromatic carbocycles. The highest BCUT2D eigenvalue weighted by molar-refractivity contribution is 5.92. The number of ether oxygens (including phenoxy) is 1. The molecule has 1 heterocycles. The molecule has 2 amide bonds. The van der Waals surface area contributed by atoms with Crippen LogP contribution in [-0.4, -0.2) is 49.7 Å². The fraction of sp³-hybridized carbons (Fsp3) is 0.364. The van der Waals surface area contributed by atoms with Crippen molar-refractivity contribution in [2.45, 2.75) is 20.8 Å². The smallest absolute Gasteiger partial charge is 0.338 e. The van der Waals surface area contributed by atoms with Crippen LogP contribution in [-0.2, 0) is 4.74 Å². The van der Waals surface area contributed by atoms with Gasteiger partial charge in [-0.05, 0) is 68.3 Å². The summed E-state index contributed by atoms with van der Waals surface area (Å²) < 4.78 is 4.97. The number of carbonyl (C=O) groups excluding carboxylic acids is 2. The number of nitrogens with one attached hydrogen (secondary N) is 1.